The Morgan fingerprint density at radius 2 is 0.618 bits per heavy atom. The van der Waals surface area contributed by atoms with Crippen LogP contribution < -0.4 is 5.32 Å². The maximum absolute atomic E-state index is 12.5. The Balaban J connectivity index is 3.34. The molecule has 0 radical (unpaired) electrons. The van der Waals surface area contributed by atoms with Crippen LogP contribution in [0, 0.1) is 0 Å². The Morgan fingerprint density at radius 3 is 0.934 bits per heavy atom. The van der Waals surface area contributed by atoms with E-state index in [0.717, 1.165) is 44.9 Å². The molecular formula is C70H137NO5. The van der Waals surface area contributed by atoms with E-state index in [2.05, 4.69) is 31.3 Å². The smallest absolute Gasteiger partial charge is 0.305 e. The van der Waals surface area contributed by atoms with Crippen LogP contribution in [0.4, 0.5) is 0 Å². The molecule has 6 heteroatoms. The minimum Gasteiger partial charge on any atom is -0.466 e. The predicted octanol–water partition coefficient (Wildman–Crippen LogP) is 22.4. The van der Waals surface area contributed by atoms with Crippen molar-refractivity contribution in [2.24, 2.45) is 0 Å². The van der Waals surface area contributed by atoms with Crippen molar-refractivity contribution in [3.05, 3.63) is 12.2 Å². The van der Waals surface area contributed by atoms with E-state index >= 15 is 0 Å². The van der Waals surface area contributed by atoms with Gasteiger partial charge in [0.25, 0.3) is 0 Å². The molecule has 76 heavy (non-hydrogen) atoms. The highest BCUT2D eigenvalue weighted by Gasteiger charge is 2.20. The van der Waals surface area contributed by atoms with Crippen LogP contribution in [0.15, 0.2) is 12.2 Å². The first-order valence-corrected chi connectivity index (χ1v) is 34.9. The van der Waals surface area contributed by atoms with E-state index in [1.165, 1.54) is 321 Å². The molecule has 0 saturated heterocycles. The van der Waals surface area contributed by atoms with Gasteiger partial charge in [0, 0.05) is 12.8 Å². The molecule has 2 unspecified atom stereocenters. The topological polar surface area (TPSA) is 95.9 Å². The van der Waals surface area contributed by atoms with Gasteiger partial charge in [-0.25, -0.2) is 0 Å². The number of ether oxygens (including phenoxy) is 1. The fraction of sp³-hybridized carbons (Fsp3) is 0.943. The Morgan fingerprint density at radius 1 is 0.355 bits per heavy atom. The van der Waals surface area contributed by atoms with E-state index in [4.69, 9.17) is 4.74 Å². The Hall–Kier alpha value is -1.40. The molecule has 0 bridgehead atoms. The third kappa shape index (κ3) is 61.8. The van der Waals surface area contributed by atoms with Gasteiger partial charge in [-0.1, -0.05) is 347 Å². The molecule has 0 aliphatic heterocycles. The van der Waals surface area contributed by atoms with Crippen molar-refractivity contribution in [2.75, 3.05) is 13.2 Å². The minimum absolute atomic E-state index is 0.0105. The SMILES string of the molecule is CCCCCCC/C=C\CCCCCCCC(=O)OCCCCCCCCCCCCCCCCCCCCCCCCCCCCCC(=O)NC(CO)C(O)CCCCCCCCCCCCCCCCCCCC. The standard InChI is InChI=1S/C70H137NO5/c1-3-5-7-9-11-13-15-17-19-20-32-35-38-42-46-50-54-58-62-68(73)67(66-72)71-69(74)63-59-55-51-47-43-39-36-33-30-28-26-24-22-21-23-25-27-29-31-34-37-41-45-49-53-57-61-65-76-70(75)64-60-56-52-48-44-40-18-16-14-12-10-8-6-4-2/h16,18,67-68,72-73H,3-15,17,19-66H2,1-2H3,(H,71,74)/b18-16-. The number of aliphatic hydroxyl groups is 2. The highest BCUT2D eigenvalue weighted by atomic mass is 16.5. The predicted molar refractivity (Wildman–Crippen MR) is 333 cm³/mol. The minimum atomic E-state index is -0.662. The van der Waals surface area contributed by atoms with Crippen LogP contribution >= 0.6 is 0 Å². The lowest BCUT2D eigenvalue weighted by Crippen LogP contribution is -2.45. The van der Waals surface area contributed by atoms with Crippen LogP contribution in [0.2, 0.25) is 0 Å². The van der Waals surface area contributed by atoms with Gasteiger partial charge in [-0.05, 0) is 51.4 Å². The molecule has 0 aliphatic rings. The number of hydrogen-bond donors (Lipinski definition) is 3. The first-order chi connectivity index (χ1) is 37.5. The molecule has 0 spiro atoms. The zero-order valence-corrected chi connectivity index (χ0v) is 51.8. The fourth-order valence-electron chi connectivity index (χ4n) is 11.2. The van der Waals surface area contributed by atoms with Crippen molar-refractivity contribution >= 4 is 11.9 Å². The summed E-state index contributed by atoms with van der Waals surface area (Å²) >= 11 is 0. The fourth-order valence-corrected chi connectivity index (χ4v) is 11.2. The molecule has 0 heterocycles. The molecule has 0 saturated carbocycles. The first kappa shape index (κ1) is 74.6. The van der Waals surface area contributed by atoms with E-state index in [1.807, 2.05) is 0 Å². The van der Waals surface area contributed by atoms with Gasteiger partial charge in [0.15, 0.2) is 0 Å². The summed E-state index contributed by atoms with van der Waals surface area (Å²) < 4.78 is 5.49. The van der Waals surface area contributed by atoms with Gasteiger partial charge in [-0.3, -0.25) is 9.59 Å². The number of rotatable bonds is 66. The normalized spacial score (nSPS) is 12.5. The van der Waals surface area contributed by atoms with Crippen LogP contribution in [0.25, 0.3) is 0 Å². The first-order valence-electron chi connectivity index (χ1n) is 34.9. The largest absolute Gasteiger partial charge is 0.466 e. The number of aliphatic hydroxyl groups excluding tert-OH is 2. The van der Waals surface area contributed by atoms with Crippen molar-refractivity contribution in [1.29, 1.82) is 0 Å². The summed E-state index contributed by atoms with van der Waals surface area (Å²) in [6.07, 6.45) is 81.1. The summed E-state index contributed by atoms with van der Waals surface area (Å²) in [7, 11) is 0. The molecule has 6 nitrogen and oxygen atoms in total. The number of carbonyl (C=O) groups excluding carboxylic acids is 2. The summed E-state index contributed by atoms with van der Waals surface area (Å²) in [5, 5.41) is 23.4. The second-order valence-electron chi connectivity index (χ2n) is 24.2. The molecule has 0 aliphatic carbocycles. The van der Waals surface area contributed by atoms with Crippen LogP contribution in [-0.4, -0.2) is 47.4 Å². The van der Waals surface area contributed by atoms with Crippen LogP contribution in [0.5, 0.6) is 0 Å². The number of nitrogens with one attached hydrogen (secondary N) is 1. The lowest BCUT2D eigenvalue weighted by atomic mass is 10.0. The molecule has 0 aromatic rings. The second-order valence-corrected chi connectivity index (χ2v) is 24.2. The molecule has 2 atom stereocenters. The highest BCUT2D eigenvalue weighted by Crippen LogP contribution is 2.19. The average Bonchev–Trinajstić information content (AvgIpc) is 3.42. The van der Waals surface area contributed by atoms with Crippen molar-refractivity contribution in [1.82, 2.24) is 5.32 Å². The zero-order chi connectivity index (χ0) is 55.0. The number of hydrogen-bond acceptors (Lipinski definition) is 5. The molecule has 0 aromatic heterocycles. The molecule has 3 N–H and O–H groups in total. The van der Waals surface area contributed by atoms with Crippen molar-refractivity contribution < 1.29 is 24.5 Å². The molecule has 1 amide bonds. The monoisotopic (exact) mass is 1070 g/mol. The summed E-state index contributed by atoms with van der Waals surface area (Å²) in [5.74, 6) is -0.0176. The average molecular weight is 1070 g/mol. The van der Waals surface area contributed by atoms with E-state index in [1.54, 1.807) is 0 Å². The van der Waals surface area contributed by atoms with Crippen LogP contribution in [0.3, 0.4) is 0 Å². The number of allylic oxidation sites excluding steroid dienone is 2. The Kier molecular flexibility index (Phi) is 64.9. The van der Waals surface area contributed by atoms with Gasteiger partial charge in [0.05, 0.1) is 25.4 Å². The zero-order valence-electron chi connectivity index (χ0n) is 51.8. The van der Waals surface area contributed by atoms with E-state index in [9.17, 15) is 19.8 Å². The number of unbranched alkanes of at least 4 members (excludes halogenated alkanes) is 53. The summed E-state index contributed by atoms with van der Waals surface area (Å²) in [4.78, 5) is 24.6. The molecular weight excluding hydrogens is 935 g/mol. The summed E-state index contributed by atoms with van der Waals surface area (Å²) in [6, 6.07) is -0.539. The Bertz CT molecular complexity index is 1140. The molecule has 452 valence electrons. The van der Waals surface area contributed by atoms with E-state index in [-0.39, 0.29) is 18.5 Å². The maximum atomic E-state index is 12.5. The molecule has 0 rings (SSSR count). The summed E-state index contributed by atoms with van der Waals surface area (Å²) in [6.45, 7) is 4.98. The van der Waals surface area contributed by atoms with Gasteiger partial charge in [0.2, 0.25) is 5.91 Å². The molecule has 0 fully saturated rings. The van der Waals surface area contributed by atoms with Crippen molar-refractivity contribution in [2.45, 2.75) is 411 Å². The van der Waals surface area contributed by atoms with Crippen LogP contribution in [0.1, 0.15) is 399 Å². The third-order valence-electron chi connectivity index (χ3n) is 16.6. The number of amides is 1. The lowest BCUT2D eigenvalue weighted by Gasteiger charge is -2.22. The van der Waals surface area contributed by atoms with Crippen molar-refractivity contribution in [3.63, 3.8) is 0 Å². The third-order valence-corrected chi connectivity index (χ3v) is 16.6. The van der Waals surface area contributed by atoms with Gasteiger partial charge >= 0.3 is 5.97 Å². The van der Waals surface area contributed by atoms with Crippen molar-refractivity contribution in [3.8, 4) is 0 Å². The van der Waals surface area contributed by atoms with Gasteiger partial charge in [0.1, 0.15) is 0 Å². The maximum Gasteiger partial charge on any atom is 0.305 e. The van der Waals surface area contributed by atoms with Gasteiger partial charge in [-0.2, -0.15) is 0 Å². The van der Waals surface area contributed by atoms with Crippen LogP contribution in [-0.2, 0) is 14.3 Å². The summed E-state index contributed by atoms with van der Waals surface area (Å²) in [5.41, 5.74) is 0. The lowest BCUT2D eigenvalue weighted by molar-refractivity contribution is -0.143. The van der Waals surface area contributed by atoms with E-state index in [0.29, 0.717) is 25.9 Å². The second kappa shape index (κ2) is 66.1. The molecule has 0 aromatic carbocycles. The Labute approximate surface area is 476 Å². The van der Waals surface area contributed by atoms with E-state index < -0.39 is 12.1 Å². The number of carbonyl (C=O) groups is 2. The van der Waals surface area contributed by atoms with Gasteiger partial charge in [-0.15, -0.1) is 0 Å². The highest BCUT2D eigenvalue weighted by molar-refractivity contribution is 5.76. The quantitative estimate of drug-likeness (QED) is 0.0320. The number of esters is 1. The van der Waals surface area contributed by atoms with Gasteiger partial charge < -0.3 is 20.3 Å².